The molecule has 1 unspecified atom stereocenters. The normalized spacial score (nSPS) is 19.0. The molecule has 0 radical (unpaired) electrons. The van der Waals surface area contributed by atoms with Gasteiger partial charge in [0.1, 0.15) is 11.7 Å². The molecule has 1 aliphatic carbocycles. The SMILES string of the molecule is CC(C)CC1Nc2nc(Nc3cc(Cl)c(O)c(Cl)c3)nc(C3CCCC3)c2N(C)C1=O. The van der Waals surface area contributed by atoms with Crippen molar-refractivity contribution in [2.45, 2.75) is 57.9 Å². The first-order valence-electron chi connectivity index (χ1n) is 10.7. The summed E-state index contributed by atoms with van der Waals surface area (Å²) in [5.74, 6) is 1.58. The maximum absolute atomic E-state index is 13.0. The molecule has 7 nitrogen and oxygen atoms in total. The Morgan fingerprint density at radius 3 is 2.48 bits per heavy atom. The summed E-state index contributed by atoms with van der Waals surface area (Å²) in [5.41, 5.74) is 2.22. The van der Waals surface area contributed by atoms with Crippen molar-refractivity contribution in [2.24, 2.45) is 5.92 Å². The first-order valence-corrected chi connectivity index (χ1v) is 11.4. The summed E-state index contributed by atoms with van der Waals surface area (Å²) in [6.07, 6.45) is 5.10. The average molecular weight is 464 g/mol. The lowest BCUT2D eigenvalue weighted by atomic mass is 9.97. The summed E-state index contributed by atoms with van der Waals surface area (Å²) in [6, 6.07) is 2.82. The molecule has 1 amide bonds. The molecule has 1 atom stereocenters. The van der Waals surface area contributed by atoms with E-state index < -0.39 is 0 Å². The summed E-state index contributed by atoms with van der Waals surface area (Å²) in [6.45, 7) is 4.19. The van der Waals surface area contributed by atoms with Gasteiger partial charge in [-0.25, -0.2) is 4.98 Å². The van der Waals surface area contributed by atoms with E-state index in [4.69, 9.17) is 28.2 Å². The van der Waals surface area contributed by atoms with Crippen LogP contribution in [0.3, 0.4) is 0 Å². The van der Waals surface area contributed by atoms with Crippen LogP contribution in [0.1, 0.15) is 57.6 Å². The van der Waals surface area contributed by atoms with Crippen molar-refractivity contribution in [1.82, 2.24) is 9.97 Å². The highest BCUT2D eigenvalue weighted by Gasteiger charge is 2.36. The Hall–Kier alpha value is -2.25. The molecule has 2 aromatic rings. The molecule has 1 saturated carbocycles. The molecule has 31 heavy (non-hydrogen) atoms. The van der Waals surface area contributed by atoms with Gasteiger partial charge in [0.2, 0.25) is 11.9 Å². The number of carbonyl (C=O) groups excluding carboxylic acids is 1. The van der Waals surface area contributed by atoms with Crippen molar-refractivity contribution in [2.75, 3.05) is 22.6 Å². The fraction of sp³-hybridized carbons (Fsp3) is 0.500. The van der Waals surface area contributed by atoms with Crippen molar-refractivity contribution in [3.05, 3.63) is 27.9 Å². The molecule has 0 bridgehead atoms. The molecule has 3 N–H and O–H groups in total. The van der Waals surface area contributed by atoms with Crippen molar-refractivity contribution in [3.63, 3.8) is 0 Å². The number of rotatable bonds is 5. The van der Waals surface area contributed by atoms with E-state index in [0.29, 0.717) is 23.4 Å². The number of aromatic nitrogens is 2. The Morgan fingerprint density at radius 2 is 1.87 bits per heavy atom. The van der Waals surface area contributed by atoms with E-state index >= 15 is 0 Å². The number of amides is 1. The largest absolute Gasteiger partial charge is 0.505 e. The monoisotopic (exact) mass is 463 g/mol. The number of carbonyl (C=O) groups is 1. The van der Waals surface area contributed by atoms with Crippen LogP contribution in [0, 0.1) is 5.92 Å². The number of phenols is 1. The highest BCUT2D eigenvalue weighted by atomic mass is 35.5. The lowest BCUT2D eigenvalue weighted by molar-refractivity contribution is -0.119. The van der Waals surface area contributed by atoms with Crippen LogP contribution >= 0.6 is 23.2 Å². The minimum Gasteiger partial charge on any atom is -0.505 e. The Balaban J connectivity index is 1.76. The van der Waals surface area contributed by atoms with Gasteiger partial charge in [-0.15, -0.1) is 0 Å². The summed E-state index contributed by atoms with van der Waals surface area (Å²) in [7, 11) is 1.81. The van der Waals surface area contributed by atoms with Crippen molar-refractivity contribution >= 4 is 52.3 Å². The van der Waals surface area contributed by atoms with Gasteiger partial charge in [0.05, 0.1) is 15.7 Å². The van der Waals surface area contributed by atoms with Gasteiger partial charge in [-0.1, -0.05) is 49.9 Å². The number of nitrogens with zero attached hydrogens (tertiary/aromatic N) is 3. The highest BCUT2D eigenvalue weighted by Crippen LogP contribution is 2.43. The zero-order valence-corrected chi connectivity index (χ0v) is 19.4. The Morgan fingerprint density at radius 1 is 1.23 bits per heavy atom. The minimum absolute atomic E-state index is 0.0434. The number of aromatic hydroxyl groups is 1. The first-order chi connectivity index (χ1) is 14.7. The fourth-order valence-electron chi connectivity index (χ4n) is 4.41. The number of hydrogen-bond acceptors (Lipinski definition) is 6. The second-order valence-electron chi connectivity index (χ2n) is 8.75. The van der Waals surface area contributed by atoms with Gasteiger partial charge in [0.25, 0.3) is 0 Å². The number of hydrogen-bond donors (Lipinski definition) is 3. The van der Waals surface area contributed by atoms with Gasteiger partial charge in [0, 0.05) is 18.7 Å². The van der Waals surface area contributed by atoms with Crippen LogP contribution in [0.5, 0.6) is 5.75 Å². The molecule has 1 fully saturated rings. The Kier molecular flexibility index (Phi) is 6.17. The third kappa shape index (κ3) is 4.39. The van der Waals surface area contributed by atoms with E-state index in [-0.39, 0.29) is 33.7 Å². The Bertz CT molecular complexity index is 985. The predicted octanol–water partition coefficient (Wildman–Crippen LogP) is 5.69. The van der Waals surface area contributed by atoms with E-state index in [1.807, 2.05) is 7.05 Å². The number of likely N-dealkylation sites (N-methyl/N-ethyl adjacent to an activating group) is 1. The number of halogens is 2. The average Bonchev–Trinajstić information content (AvgIpc) is 3.23. The van der Waals surface area contributed by atoms with E-state index in [0.717, 1.165) is 43.5 Å². The third-order valence-corrected chi connectivity index (χ3v) is 6.48. The van der Waals surface area contributed by atoms with Crippen LogP contribution in [0.2, 0.25) is 10.0 Å². The number of fused-ring (bicyclic) bond motifs is 1. The quantitative estimate of drug-likeness (QED) is 0.493. The zero-order valence-electron chi connectivity index (χ0n) is 17.9. The molecule has 166 valence electrons. The van der Waals surface area contributed by atoms with E-state index in [9.17, 15) is 9.90 Å². The summed E-state index contributed by atoms with van der Waals surface area (Å²) < 4.78 is 0. The maximum Gasteiger partial charge on any atom is 0.249 e. The Labute approximate surface area is 192 Å². The van der Waals surface area contributed by atoms with Crippen LogP contribution in [0.25, 0.3) is 0 Å². The van der Waals surface area contributed by atoms with Crippen LogP contribution in [-0.4, -0.2) is 34.1 Å². The van der Waals surface area contributed by atoms with Crippen LogP contribution in [0.15, 0.2) is 12.1 Å². The molecule has 1 aromatic heterocycles. The third-order valence-electron chi connectivity index (χ3n) is 5.91. The van der Waals surface area contributed by atoms with Crippen molar-refractivity contribution in [3.8, 4) is 5.75 Å². The summed E-state index contributed by atoms with van der Waals surface area (Å²) >= 11 is 12.1. The van der Waals surface area contributed by atoms with Crippen LogP contribution in [-0.2, 0) is 4.79 Å². The molecule has 1 aliphatic heterocycles. The van der Waals surface area contributed by atoms with Gasteiger partial charge < -0.3 is 20.6 Å². The number of anilines is 4. The van der Waals surface area contributed by atoms with Crippen LogP contribution in [0.4, 0.5) is 23.1 Å². The molecular weight excluding hydrogens is 437 g/mol. The molecule has 9 heteroatoms. The topological polar surface area (TPSA) is 90.4 Å². The van der Waals surface area contributed by atoms with Crippen molar-refractivity contribution < 1.29 is 9.90 Å². The highest BCUT2D eigenvalue weighted by molar-refractivity contribution is 6.37. The number of nitrogens with one attached hydrogen (secondary N) is 2. The van der Waals surface area contributed by atoms with Gasteiger partial charge >= 0.3 is 0 Å². The van der Waals surface area contributed by atoms with Crippen LogP contribution < -0.4 is 15.5 Å². The number of phenolic OH excluding ortho intramolecular Hbond substituents is 1. The standard InChI is InChI=1S/C22H27Cl2N5O2/c1-11(2)8-16-21(31)29(3)18-17(12-6-4-5-7-12)27-22(28-20(18)26-16)25-13-9-14(23)19(30)15(24)10-13/h9-12,16,30H,4-8H2,1-3H3,(H2,25,26,27,28). The van der Waals surface area contributed by atoms with Gasteiger partial charge in [-0.3, -0.25) is 4.79 Å². The first kappa shape index (κ1) is 22.0. The molecule has 2 aliphatic rings. The van der Waals surface area contributed by atoms with E-state index in [2.05, 4.69) is 29.5 Å². The lowest BCUT2D eigenvalue weighted by Crippen LogP contribution is -2.47. The van der Waals surface area contributed by atoms with Gasteiger partial charge in [-0.2, -0.15) is 4.98 Å². The molecule has 2 heterocycles. The molecular formula is C22H27Cl2N5O2. The smallest absolute Gasteiger partial charge is 0.249 e. The molecule has 1 aromatic carbocycles. The second kappa shape index (κ2) is 8.71. The fourth-order valence-corrected chi connectivity index (χ4v) is 4.90. The minimum atomic E-state index is -0.325. The zero-order chi connectivity index (χ0) is 22.3. The molecule has 4 rings (SSSR count). The number of benzene rings is 1. The maximum atomic E-state index is 13.0. The van der Waals surface area contributed by atoms with E-state index in [1.165, 1.54) is 0 Å². The second-order valence-corrected chi connectivity index (χ2v) is 9.56. The predicted molar refractivity (Wildman–Crippen MR) is 125 cm³/mol. The summed E-state index contributed by atoms with van der Waals surface area (Å²) in [4.78, 5) is 24.2. The lowest BCUT2D eigenvalue weighted by Gasteiger charge is -2.35. The van der Waals surface area contributed by atoms with Gasteiger partial charge in [0.15, 0.2) is 11.6 Å². The summed E-state index contributed by atoms with van der Waals surface area (Å²) in [5, 5.41) is 16.6. The van der Waals surface area contributed by atoms with Gasteiger partial charge in [-0.05, 0) is 37.3 Å². The van der Waals surface area contributed by atoms with Crippen molar-refractivity contribution in [1.29, 1.82) is 0 Å². The van der Waals surface area contributed by atoms with E-state index in [1.54, 1.807) is 17.0 Å². The molecule has 0 spiro atoms. The molecule has 0 saturated heterocycles.